The van der Waals surface area contributed by atoms with Crippen molar-refractivity contribution in [2.45, 2.75) is 19.6 Å². The van der Waals surface area contributed by atoms with E-state index >= 15 is 0 Å². The number of nitrogens with one attached hydrogen (secondary N) is 1. The van der Waals surface area contributed by atoms with E-state index in [1.165, 1.54) is 0 Å². The number of benzene rings is 1. The Hall–Kier alpha value is -2.08. The first kappa shape index (κ1) is 15.0. The molecule has 6 nitrogen and oxygen atoms in total. The summed E-state index contributed by atoms with van der Waals surface area (Å²) in [5, 5.41) is 11.6. The van der Waals surface area contributed by atoms with Crippen LogP contribution in [0.25, 0.3) is 0 Å². The van der Waals surface area contributed by atoms with Crippen LogP contribution < -0.4 is 5.32 Å². The van der Waals surface area contributed by atoms with Crippen LogP contribution in [0.2, 0.25) is 0 Å². The summed E-state index contributed by atoms with van der Waals surface area (Å²) in [6.07, 6.45) is -2.09. The van der Waals surface area contributed by atoms with Gasteiger partial charge in [-0.15, -0.1) is 0 Å². The second-order valence-electron chi connectivity index (χ2n) is 3.71. The lowest BCUT2D eigenvalue weighted by molar-refractivity contribution is -0.152. The van der Waals surface area contributed by atoms with E-state index in [2.05, 4.69) is 10.1 Å². The summed E-state index contributed by atoms with van der Waals surface area (Å²) in [5.41, 5.74) is 0.851. The van der Waals surface area contributed by atoms with Gasteiger partial charge in [0.05, 0.1) is 13.2 Å². The second kappa shape index (κ2) is 8.10. The number of amides is 1. The van der Waals surface area contributed by atoms with Crippen molar-refractivity contribution < 1.29 is 24.2 Å². The summed E-state index contributed by atoms with van der Waals surface area (Å²) >= 11 is 0. The van der Waals surface area contributed by atoms with Crippen molar-refractivity contribution in [1.29, 1.82) is 0 Å². The first-order valence-corrected chi connectivity index (χ1v) is 5.92. The third-order valence-electron chi connectivity index (χ3n) is 2.21. The maximum Gasteiger partial charge on any atom is 0.407 e. The molecule has 0 spiro atoms. The number of rotatable bonds is 6. The van der Waals surface area contributed by atoms with Gasteiger partial charge in [-0.1, -0.05) is 30.3 Å². The number of esters is 1. The van der Waals surface area contributed by atoms with E-state index in [0.29, 0.717) is 0 Å². The van der Waals surface area contributed by atoms with Gasteiger partial charge in [-0.2, -0.15) is 0 Å². The molecule has 0 aromatic heterocycles. The van der Waals surface area contributed by atoms with Gasteiger partial charge in [-0.3, -0.25) is 0 Å². The van der Waals surface area contributed by atoms with Crippen LogP contribution in [0.1, 0.15) is 12.5 Å². The maximum absolute atomic E-state index is 11.3. The van der Waals surface area contributed by atoms with Crippen molar-refractivity contribution in [3.8, 4) is 0 Å². The molecule has 104 valence electrons. The average Bonchev–Trinajstić information content (AvgIpc) is 2.43. The van der Waals surface area contributed by atoms with Crippen LogP contribution in [0, 0.1) is 0 Å². The van der Waals surface area contributed by atoms with E-state index in [1.807, 2.05) is 30.3 Å². The van der Waals surface area contributed by atoms with Crippen LogP contribution in [-0.2, 0) is 20.9 Å². The van der Waals surface area contributed by atoms with Crippen LogP contribution in [0.15, 0.2) is 30.3 Å². The SMILES string of the molecule is CCOC(=O)C(O)CNC(=O)OCc1ccccc1. The zero-order valence-electron chi connectivity index (χ0n) is 10.7. The number of hydrogen-bond acceptors (Lipinski definition) is 5. The number of ether oxygens (including phenoxy) is 2. The van der Waals surface area contributed by atoms with Crippen LogP contribution in [0.5, 0.6) is 0 Å². The van der Waals surface area contributed by atoms with Crippen LogP contribution in [0.4, 0.5) is 4.79 Å². The van der Waals surface area contributed by atoms with E-state index in [1.54, 1.807) is 6.92 Å². The van der Waals surface area contributed by atoms with Crippen LogP contribution >= 0.6 is 0 Å². The average molecular weight is 267 g/mol. The Kier molecular flexibility index (Phi) is 6.38. The minimum atomic E-state index is -1.38. The summed E-state index contributed by atoms with van der Waals surface area (Å²) in [5.74, 6) is -0.772. The van der Waals surface area contributed by atoms with Gasteiger partial charge in [-0.25, -0.2) is 9.59 Å². The predicted molar refractivity (Wildman–Crippen MR) is 67.3 cm³/mol. The van der Waals surface area contributed by atoms with Gasteiger partial charge in [0.1, 0.15) is 6.61 Å². The molecule has 1 rings (SSSR count). The highest BCUT2D eigenvalue weighted by molar-refractivity contribution is 5.76. The van der Waals surface area contributed by atoms with Gasteiger partial charge >= 0.3 is 12.1 Å². The molecule has 1 aromatic carbocycles. The molecule has 0 heterocycles. The van der Waals surface area contributed by atoms with Crippen molar-refractivity contribution >= 4 is 12.1 Å². The molecule has 0 saturated heterocycles. The van der Waals surface area contributed by atoms with E-state index in [0.717, 1.165) is 5.56 Å². The summed E-state index contributed by atoms with van der Waals surface area (Å²) < 4.78 is 9.49. The van der Waals surface area contributed by atoms with E-state index in [4.69, 9.17) is 4.74 Å². The number of aliphatic hydroxyl groups excluding tert-OH is 1. The maximum atomic E-state index is 11.3. The highest BCUT2D eigenvalue weighted by atomic mass is 16.6. The van der Waals surface area contributed by atoms with Gasteiger partial charge in [0.2, 0.25) is 0 Å². The van der Waals surface area contributed by atoms with Gasteiger partial charge in [-0.05, 0) is 12.5 Å². The molecule has 0 radical (unpaired) electrons. The molecular weight excluding hydrogens is 250 g/mol. The highest BCUT2D eigenvalue weighted by Crippen LogP contribution is 2.00. The zero-order valence-corrected chi connectivity index (χ0v) is 10.7. The molecule has 0 aliphatic rings. The predicted octanol–water partition coefficient (Wildman–Crippen LogP) is 0.837. The normalized spacial score (nSPS) is 11.5. The Labute approximate surface area is 111 Å². The third-order valence-corrected chi connectivity index (χ3v) is 2.21. The molecule has 0 aliphatic heterocycles. The van der Waals surface area contributed by atoms with Gasteiger partial charge in [0, 0.05) is 0 Å². The first-order valence-electron chi connectivity index (χ1n) is 5.92. The molecule has 0 aliphatic carbocycles. The quantitative estimate of drug-likeness (QED) is 0.746. The van der Waals surface area contributed by atoms with Crippen molar-refractivity contribution in [1.82, 2.24) is 5.32 Å². The molecule has 0 fully saturated rings. The molecule has 0 saturated carbocycles. The van der Waals surface area contributed by atoms with Crippen molar-refractivity contribution in [3.05, 3.63) is 35.9 Å². The molecule has 0 bridgehead atoms. The van der Waals surface area contributed by atoms with Crippen LogP contribution in [0.3, 0.4) is 0 Å². The number of carbonyl (C=O) groups is 2. The first-order chi connectivity index (χ1) is 9.13. The summed E-state index contributed by atoms with van der Waals surface area (Å²) in [6.45, 7) is 1.69. The minimum Gasteiger partial charge on any atom is -0.464 e. The molecule has 1 amide bonds. The largest absolute Gasteiger partial charge is 0.464 e. The monoisotopic (exact) mass is 267 g/mol. The summed E-state index contributed by atoms with van der Waals surface area (Å²) in [4.78, 5) is 22.4. The number of hydrogen-bond donors (Lipinski definition) is 2. The Balaban J connectivity index is 2.23. The fourth-order valence-electron chi connectivity index (χ4n) is 1.28. The van der Waals surface area contributed by atoms with Crippen molar-refractivity contribution in [2.75, 3.05) is 13.2 Å². The lowest BCUT2D eigenvalue weighted by atomic mass is 10.2. The number of alkyl carbamates (subject to hydrolysis) is 1. The molecule has 1 atom stereocenters. The fourth-order valence-corrected chi connectivity index (χ4v) is 1.28. The Morgan fingerprint density at radius 3 is 2.58 bits per heavy atom. The fraction of sp³-hybridized carbons (Fsp3) is 0.385. The Morgan fingerprint density at radius 1 is 1.26 bits per heavy atom. The van der Waals surface area contributed by atoms with E-state index in [9.17, 15) is 14.7 Å². The smallest absolute Gasteiger partial charge is 0.407 e. The Bertz CT molecular complexity index is 407. The molecule has 2 N–H and O–H groups in total. The van der Waals surface area contributed by atoms with Crippen molar-refractivity contribution in [3.63, 3.8) is 0 Å². The third kappa shape index (κ3) is 5.87. The molecule has 1 aromatic rings. The number of carbonyl (C=O) groups excluding carboxylic acids is 2. The van der Waals surface area contributed by atoms with Gasteiger partial charge in [0.25, 0.3) is 0 Å². The Morgan fingerprint density at radius 2 is 1.95 bits per heavy atom. The molecular formula is C13H17NO5. The standard InChI is InChI=1S/C13H17NO5/c1-2-18-12(16)11(15)8-14-13(17)19-9-10-6-4-3-5-7-10/h3-7,11,15H,2,8-9H2,1H3,(H,14,17). The summed E-state index contributed by atoms with van der Waals surface area (Å²) in [6, 6.07) is 9.17. The van der Waals surface area contributed by atoms with Gasteiger partial charge < -0.3 is 19.9 Å². The second-order valence-corrected chi connectivity index (χ2v) is 3.71. The van der Waals surface area contributed by atoms with Crippen LogP contribution in [-0.4, -0.2) is 36.4 Å². The lowest BCUT2D eigenvalue weighted by Gasteiger charge is -2.11. The lowest BCUT2D eigenvalue weighted by Crippen LogP contribution is -2.37. The minimum absolute atomic E-state index is 0.127. The van der Waals surface area contributed by atoms with Crippen molar-refractivity contribution in [2.24, 2.45) is 0 Å². The number of aliphatic hydroxyl groups is 1. The highest BCUT2D eigenvalue weighted by Gasteiger charge is 2.17. The topological polar surface area (TPSA) is 84.9 Å². The van der Waals surface area contributed by atoms with E-state index < -0.39 is 18.2 Å². The molecule has 6 heteroatoms. The zero-order chi connectivity index (χ0) is 14.1. The summed E-state index contributed by atoms with van der Waals surface area (Å²) in [7, 11) is 0. The van der Waals surface area contributed by atoms with Gasteiger partial charge in [0.15, 0.2) is 6.10 Å². The molecule has 19 heavy (non-hydrogen) atoms. The molecule has 1 unspecified atom stereocenters. The van der Waals surface area contributed by atoms with E-state index in [-0.39, 0.29) is 19.8 Å².